The molecular formula is C6H14S2. The summed E-state index contributed by atoms with van der Waals surface area (Å²) in [6.45, 7) is 4.25. The van der Waals surface area contributed by atoms with Crippen molar-refractivity contribution in [2.45, 2.75) is 31.4 Å². The first kappa shape index (κ1) is 8.70. The molecule has 0 rings (SSSR count). The molecule has 0 spiro atoms. The van der Waals surface area contributed by atoms with Crippen molar-refractivity contribution in [3.8, 4) is 0 Å². The number of hydrogen-bond donors (Lipinski definition) is 2. The van der Waals surface area contributed by atoms with Gasteiger partial charge in [-0.3, -0.25) is 0 Å². The van der Waals surface area contributed by atoms with Crippen LogP contribution in [0.25, 0.3) is 0 Å². The Labute approximate surface area is 62.9 Å². The Balaban J connectivity index is 3.11. The molecule has 0 bridgehead atoms. The molecule has 0 radical (unpaired) electrons. The fourth-order valence-electron chi connectivity index (χ4n) is 0.512. The summed E-state index contributed by atoms with van der Waals surface area (Å²) in [7, 11) is 0. The van der Waals surface area contributed by atoms with Gasteiger partial charge in [-0.15, -0.1) is 0 Å². The first-order valence-corrected chi connectivity index (χ1v) is 3.97. The molecule has 8 heavy (non-hydrogen) atoms. The second-order valence-corrected chi connectivity index (χ2v) is 4.30. The molecule has 0 unspecified atom stereocenters. The summed E-state index contributed by atoms with van der Waals surface area (Å²) < 4.78 is 0.197. The van der Waals surface area contributed by atoms with Crippen LogP contribution >= 0.6 is 25.3 Å². The maximum Gasteiger partial charge on any atom is 0.00734 e. The zero-order valence-electron chi connectivity index (χ0n) is 5.52. The summed E-state index contributed by atoms with van der Waals surface area (Å²) in [6.07, 6.45) is 2.32. The standard InChI is InChI=1S/C6H14S2/c1-6(2,8)4-3-5-7/h7-8H,3-5H2,1-2H3. The van der Waals surface area contributed by atoms with Crippen LogP contribution in [0.5, 0.6) is 0 Å². The Hall–Kier alpha value is 0.700. The Kier molecular flexibility index (Phi) is 4.00. The quantitative estimate of drug-likeness (QED) is 0.567. The van der Waals surface area contributed by atoms with Crippen molar-refractivity contribution in [3.05, 3.63) is 0 Å². The number of rotatable bonds is 3. The van der Waals surface area contributed by atoms with Gasteiger partial charge in [-0.05, 0) is 18.6 Å². The van der Waals surface area contributed by atoms with Gasteiger partial charge >= 0.3 is 0 Å². The zero-order valence-corrected chi connectivity index (χ0v) is 7.30. The van der Waals surface area contributed by atoms with Gasteiger partial charge < -0.3 is 0 Å². The molecule has 0 N–H and O–H groups in total. The van der Waals surface area contributed by atoms with Crippen LogP contribution in [0.15, 0.2) is 0 Å². The minimum Gasteiger partial charge on any atom is -0.179 e. The largest absolute Gasteiger partial charge is 0.179 e. The van der Waals surface area contributed by atoms with E-state index in [9.17, 15) is 0 Å². The van der Waals surface area contributed by atoms with E-state index >= 15 is 0 Å². The van der Waals surface area contributed by atoms with Crippen molar-refractivity contribution in [2.75, 3.05) is 5.75 Å². The highest BCUT2D eigenvalue weighted by Gasteiger charge is 2.08. The molecule has 0 aromatic rings. The van der Waals surface area contributed by atoms with Crippen molar-refractivity contribution in [3.63, 3.8) is 0 Å². The first-order valence-electron chi connectivity index (χ1n) is 2.89. The highest BCUT2D eigenvalue weighted by atomic mass is 32.1. The van der Waals surface area contributed by atoms with Crippen molar-refractivity contribution >= 4 is 25.3 Å². The van der Waals surface area contributed by atoms with Crippen LogP contribution in [-0.4, -0.2) is 10.5 Å². The van der Waals surface area contributed by atoms with Gasteiger partial charge in [0.25, 0.3) is 0 Å². The van der Waals surface area contributed by atoms with Gasteiger partial charge in [0.1, 0.15) is 0 Å². The molecule has 0 saturated carbocycles. The summed E-state index contributed by atoms with van der Waals surface area (Å²) in [5.74, 6) is 0.976. The Morgan fingerprint density at radius 1 is 1.38 bits per heavy atom. The lowest BCUT2D eigenvalue weighted by atomic mass is 10.1. The Morgan fingerprint density at radius 3 is 2.00 bits per heavy atom. The van der Waals surface area contributed by atoms with E-state index in [0.29, 0.717) is 0 Å². The third-order valence-electron chi connectivity index (χ3n) is 0.947. The predicted octanol–water partition coefficient (Wildman–Crippen LogP) is 2.40. The molecule has 0 aromatic heterocycles. The Bertz CT molecular complexity index is 54.0. The monoisotopic (exact) mass is 150 g/mol. The lowest BCUT2D eigenvalue weighted by molar-refractivity contribution is 0.636. The highest BCUT2D eigenvalue weighted by molar-refractivity contribution is 7.81. The van der Waals surface area contributed by atoms with E-state index in [2.05, 4.69) is 39.1 Å². The molecule has 50 valence electrons. The second kappa shape index (κ2) is 3.67. The molecule has 0 aliphatic rings. The van der Waals surface area contributed by atoms with Gasteiger partial charge in [-0.25, -0.2) is 0 Å². The summed E-state index contributed by atoms with van der Waals surface area (Å²) in [4.78, 5) is 0. The average molecular weight is 150 g/mol. The lowest BCUT2D eigenvalue weighted by Gasteiger charge is -2.15. The molecule has 0 heterocycles. The fraction of sp³-hybridized carbons (Fsp3) is 1.00. The molecule has 0 aliphatic heterocycles. The molecular weight excluding hydrogens is 136 g/mol. The number of hydrogen-bond acceptors (Lipinski definition) is 2. The minimum atomic E-state index is 0.197. The molecule has 0 aromatic carbocycles. The van der Waals surface area contributed by atoms with Gasteiger partial charge in [-0.2, -0.15) is 25.3 Å². The summed E-state index contributed by atoms with van der Waals surface area (Å²) >= 11 is 8.45. The normalized spacial score (nSPS) is 12.0. The van der Waals surface area contributed by atoms with E-state index in [4.69, 9.17) is 0 Å². The van der Waals surface area contributed by atoms with Gasteiger partial charge in [0.05, 0.1) is 0 Å². The van der Waals surface area contributed by atoms with Gasteiger partial charge in [0.2, 0.25) is 0 Å². The second-order valence-electron chi connectivity index (χ2n) is 2.64. The van der Waals surface area contributed by atoms with Crippen LogP contribution in [0.2, 0.25) is 0 Å². The van der Waals surface area contributed by atoms with Gasteiger partial charge in [0, 0.05) is 4.75 Å². The summed E-state index contributed by atoms with van der Waals surface area (Å²) in [5.41, 5.74) is 0. The molecule has 2 heteroatoms. The first-order chi connectivity index (χ1) is 3.56. The van der Waals surface area contributed by atoms with Crippen molar-refractivity contribution in [1.29, 1.82) is 0 Å². The zero-order chi connectivity index (χ0) is 6.62. The van der Waals surface area contributed by atoms with Crippen LogP contribution in [-0.2, 0) is 0 Å². The van der Waals surface area contributed by atoms with E-state index in [0.717, 1.165) is 12.2 Å². The SMILES string of the molecule is CC(C)(S)CCCS. The van der Waals surface area contributed by atoms with E-state index in [1.165, 1.54) is 6.42 Å². The predicted molar refractivity (Wildman–Crippen MR) is 46.2 cm³/mol. The summed E-state index contributed by atoms with van der Waals surface area (Å²) in [6, 6.07) is 0. The van der Waals surface area contributed by atoms with E-state index in [-0.39, 0.29) is 4.75 Å². The van der Waals surface area contributed by atoms with Crippen molar-refractivity contribution in [1.82, 2.24) is 0 Å². The van der Waals surface area contributed by atoms with Crippen LogP contribution in [0.1, 0.15) is 26.7 Å². The van der Waals surface area contributed by atoms with E-state index < -0.39 is 0 Å². The van der Waals surface area contributed by atoms with Crippen LogP contribution in [0.3, 0.4) is 0 Å². The molecule has 0 aliphatic carbocycles. The maximum atomic E-state index is 4.35. The minimum absolute atomic E-state index is 0.197. The van der Waals surface area contributed by atoms with E-state index in [1.807, 2.05) is 0 Å². The molecule has 0 saturated heterocycles. The smallest absolute Gasteiger partial charge is 0.00734 e. The molecule has 0 atom stereocenters. The highest BCUT2D eigenvalue weighted by Crippen LogP contribution is 2.18. The number of thiol groups is 2. The van der Waals surface area contributed by atoms with Gasteiger partial charge in [-0.1, -0.05) is 13.8 Å². The topological polar surface area (TPSA) is 0 Å². The molecule has 0 amide bonds. The summed E-state index contributed by atoms with van der Waals surface area (Å²) in [5, 5.41) is 0. The average Bonchev–Trinajstić information content (AvgIpc) is 1.59. The van der Waals surface area contributed by atoms with E-state index in [1.54, 1.807) is 0 Å². The van der Waals surface area contributed by atoms with Crippen LogP contribution in [0.4, 0.5) is 0 Å². The van der Waals surface area contributed by atoms with Crippen molar-refractivity contribution in [2.24, 2.45) is 0 Å². The third-order valence-corrected chi connectivity index (χ3v) is 1.49. The maximum absolute atomic E-state index is 4.35. The van der Waals surface area contributed by atoms with Crippen LogP contribution in [0, 0.1) is 0 Å². The fourth-order valence-corrected chi connectivity index (χ4v) is 0.828. The Morgan fingerprint density at radius 2 is 1.88 bits per heavy atom. The van der Waals surface area contributed by atoms with Gasteiger partial charge in [0.15, 0.2) is 0 Å². The molecule has 0 nitrogen and oxygen atoms in total. The van der Waals surface area contributed by atoms with Crippen LogP contribution < -0.4 is 0 Å². The molecule has 0 fully saturated rings. The third kappa shape index (κ3) is 6.70. The van der Waals surface area contributed by atoms with Crippen molar-refractivity contribution < 1.29 is 0 Å². The lowest BCUT2D eigenvalue weighted by Crippen LogP contribution is -2.09.